The van der Waals surface area contributed by atoms with E-state index in [2.05, 4.69) is 11.9 Å². The number of non-ortho nitro benzene ring substituents is 1. The van der Waals surface area contributed by atoms with Gasteiger partial charge < -0.3 is 9.67 Å². The molecule has 0 saturated heterocycles. The number of hydrogen-bond acceptors (Lipinski definition) is 4. The molecule has 24 heavy (non-hydrogen) atoms. The first-order chi connectivity index (χ1) is 11.6. The Balaban J connectivity index is 2.28. The summed E-state index contributed by atoms with van der Waals surface area (Å²) in [6.45, 7) is 2.62. The molecule has 6 nitrogen and oxygen atoms in total. The Hall–Kier alpha value is -2.34. The SMILES string of the molecule is CCCCc1nc(CC=CO)c(Cl)n1Cc1ccc([N+](=O)[O-])cc1. The van der Waals surface area contributed by atoms with Gasteiger partial charge in [-0.05, 0) is 18.1 Å². The van der Waals surface area contributed by atoms with Crippen molar-refractivity contribution in [1.82, 2.24) is 9.55 Å². The van der Waals surface area contributed by atoms with E-state index in [0.717, 1.165) is 42.6 Å². The molecule has 7 heteroatoms. The molecule has 0 unspecified atom stereocenters. The molecule has 0 aliphatic rings. The molecular formula is C17H20ClN3O3. The lowest BCUT2D eigenvalue weighted by Gasteiger charge is -2.09. The molecule has 1 aromatic heterocycles. The number of rotatable bonds is 8. The molecule has 0 atom stereocenters. The standard InChI is InChI=1S/C17H20ClN3O3/c1-2-3-6-16-19-15(5-4-11-22)17(18)20(16)12-13-7-9-14(10-8-13)21(23)24/h4,7-11,22H,2-3,5-6,12H2,1H3. The van der Waals surface area contributed by atoms with Gasteiger partial charge in [-0.1, -0.05) is 37.1 Å². The third-order valence-electron chi connectivity index (χ3n) is 3.71. The van der Waals surface area contributed by atoms with Crippen LogP contribution in [0.5, 0.6) is 0 Å². The number of unbranched alkanes of at least 4 members (excludes halogenated alkanes) is 1. The quantitative estimate of drug-likeness (QED) is 0.433. The van der Waals surface area contributed by atoms with E-state index in [0.29, 0.717) is 18.1 Å². The number of aromatic nitrogens is 2. The maximum Gasteiger partial charge on any atom is 0.269 e. The van der Waals surface area contributed by atoms with Crippen molar-refractivity contribution in [3.05, 3.63) is 69.0 Å². The van der Waals surface area contributed by atoms with Gasteiger partial charge in [0.2, 0.25) is 0 Å². The van der Waals surface area contributed by atoms with Crippen LogP contribution >= 0.6 is 11.6 Å². The third-order valence-corrected chi connectivity index (χ3v) is 4.13. The minimum absolute atomic E-state index is 0.0652. The van der Waals surface area contributed by atoms with Gasteiger partial charge in [0, 0.05) is 25.0 Å². The summed E-state index contributed by atoms with van der Waals surface area (Å²) < 4.78 is 1.93. The van der Waals surface area contributed by atoms with E-state index in [1.54, 1.807) is 18.2 Å². The molecule has 0 amide bonds. The predicted molar refractivity (Wildman–Crippen MR) is 93.5 cm³/mol. The van der Waals surface area contributed by atoms with Crippen molar-refractivity contribution in [3.8, 4) is 0 Å². The maximum absolute atomic E-state index is 10.7. The van der Waals surface area contributed by atoms with Crippen LogP contribution in [0.2, 0.25) is 5.15 Å². The second kappa shape index (κ2) is 8.49. The summed E-state index contributed by atoms with van der Waals surface area (Å²) in [7, 11) is 0. The first kappa shape index (κ1) is 18.0. The molecule has 1 aromatic carbocycles. The number of hydrogen-bond donors (Lipinski definition) is 1. The molecule has 0 radical (unpaired) electrons. The molecular weight excluding hydrogens is 330 g/mol. The summed E-state index contributed by atoms with van der Waals surface area (Å²) in [5, 5.41) is 20.1. The van der Waals surface area contributed by atoms with Gasteiger partial charge in [-0.25, -0.2) is 4.98 Å². The van der Waals surface area contributed by atoms with Crippen molar-refractivity contribution >= 4 is 17.3 Å². The average molecular weight is 350 g/mol. The molecule has 1 N–H and O–H groups in total. The number of aliphatic hydroxyl groups excluding tert-OH is 1. The van der Waals surface area contributed by atoms with E-state index in [-0.39, 0.29) is 5.69 Å². The fourth-order valence-corrected chi connectivity index (χ4v) is 2.69. The fourth-order valence-electron chi connectivity index (χ4n) is 2.42. The van der Waals surface area contributed by atoms with E-state index >= 15 is 0 Å². The van der Waals surface area contributed by atoms with Gasteiger partial charge in [0.25, 0.3) is 5.69 Å². The zero-order valence-corrected chi connectivity index (χ0v) is 14.2. The van der Waals surface area contributed by atoms with Crippen molar-refractivity contribution in [3.63, 3.8) is 0 Å². The highest BCUT2D eigenvalue weighted by Gasteiger charge is 2.15. The number of aryl methyl sites for hydroxylation is 1. The molecule has 0 aliphatic heterocycles. The smallest absolute Gasteiger partial charge is 0.269 e. The summed E-state index contributed by atoms with van der Waals surface area (Å²) in [5.74, 6) is 0.890. The Morgan fingerprint density at radius 1 is 1.38 bits per heavy atom. The van der Waals surface area contributed by atoms with Crippen LogP contribution in [0.25, 0.3) is 0 Å². The van der Waals surface area contributed by atoms with Gasteiger partial charge in [0.05, 0.1) is 23.4 Å². The number of allylic oxidation sites excluding steroid dienone is 1. The number of benzene rings is 1. The van der Waals surface area contributed by atoms with Gasteiger partial charge >= 0.3 is 0 Å². The van der Waals surface area contributed by atoms with Crippen molar-refractivity contribution < 1.29 is 10.0 Å². The zero-order chi connectivity index (χ0) is 17.5. The molecule has 2 aromatic rings. The zero-order valence-electron chi connectivity index (χ0n) is 13.5. The number of imidazole rings is 1. The van der Waals surface area contributed by atoms with E-state index < -0.39 is 4.92 Å². The largest absolute Gasteiger partial charge is 0.516 e. The first-order valence-corrected chi connectivity index (χ1v) is 8.21. The number of halogens is 1. The summed E-state index contributed by atoms with van der Waals surface area (Å²) >= 11 is 6.45. The third kappa shape index (κ3) is 4.35. The van der Waals surface area contributed by atoms with E-state index in [1.807, 2.05) is 4.57 Å². The lowest BCUT2D eigenvalue weighted by Crippen LogP contribution is -2.05. The van der Waals surface area contributed by atoms with Crippen LogP contribution < -0.4 is 0 Å². The van der Waals surface area contributed by atoms with E-state index in [9.17, 15) is 10.1 Å². The lowest BCUT2D eigenvalue weighted by molar-refractivity contribution is -0.384. The Labute approximate surface area is 145 Å². The Kier molecular flexibility index (Phi) is 6.37. The Morgan fingerprint density at radius 3 is 2.67 bits per heavy atom. The second-order valence-corrected chi connectivity index (χ2v) is 5.83. The Bertz CT molecular complexity index is 723. The van der Waals surface area contributed by atoms with Crippen molar-refractivity contribution in [2.45, 2.75) is 39.2 Å². The van der Waals surface area contributed by atoms with Gasteiger partial charge in [0.15, 0.2) is 0 Å². The molecule has 128 valence electrons. The fraction of sp³-hybridized carbons (Fsp3) is 0.353. The molecule has 0 spiro atoms. The van der Waals surface area contributed by atoms with E-state index in [4.69, 9.17) is 16.7 Å². The van der Waals surface area contributed by atoms with Crippen molar-refractivity contribution in [2.24, 2.45) is 0 Å². The average Bonchev–Trinajstić information content (AvgIpc) is 2.87. The number of nitrogens with zero attached hydrogens (tertiary/aromatic N) is 3. The van der Waals surface area contributed by atoms with Crippen LogP contribution in [0.4, 0.5) is 5.69 Å². The van der Waals surface area contributed by atoms with Gasteiger partial charge in [-0.2, -0.15) is 0 Å². The minimum atomic E-state index is -0.417. The highest BCUT2D eigenvalue weighted by Crippen LogP contribution is 2.23. The van der Waals surface area contributed by atoms with Crippen LogP contribution in [0.15, 0.2) is 36.6 Å². The van der Waals surface area contributed by atoms with Crippen molar-refractivity contribution in [1.29, 1.82) is 0 Å². The number of aliphatic hydroxyl groups is 1. The summed E-state index contributed by atoms with van der Waals surface area (Å²) in [5.41, 5.74) is 1.70. The normalized spacial score (nSPS) is 11.2. The molecule has 0 aliphatic carbocycles. The number of nitro groups is 1. The lowest BCUT2D eigenvalue weighted by atomic mass is 10.2. The van der Waals surface area contributed by atoms with Crippen molar-refractivity contribution in [2.75, 3.05) is 0 Å². The van der Waals surface area contributed by atoms with Gasteiger partial charge in [-0.3, -0.25) is 10.1 Å². The minimum Gasteiger partial charge on any atom is -0.516 e. The summed E-state index contributed by atoms with van der Waals surface area (Å²) in [4.78, 5) is 14.9. The highest BCUT2D eigenvalue weighted by molar-refractivity contribution is 6.30. The molecule has 0 bridgehead atoms. The second-order valence-electron chi connectivity index (χ2n) is 5.47. The molecule has 2 rings (SSSR count). The van der Waals surface area contributed by atoms with Crippen LogP contribution in [-0.2, 0) is 19.4 Å². The predicted octanol–water partition coefficient (Wildman–Crippen LogP) is 4.45. The van der Waals surface area contributed by atoms with Crippen LogP contribution in [-0.4, -0.2) is 19.6 Å². The summed E-state index contributed by atoms with van der Waals surface area (Å²) in [6, 6.07) is 6.43. The number of nitro benzene ring substituents is 1. The molecule has 0 saturated carbocycles. The molecule has 1 heterocycles. The highest BCUT2D eigenvalue weighted by atomic mass is 35.5. The van der Waals surface area contributed by atoms with Gasteiger partial charge in [-0.15, -0.1) is 0 Å². The maximum atomic E-state index is 10.7. The summed E-state index contributed by atoms with van der Waals surface area (Å²) in [6.07, 6.45) is 5.90. The van der Waals surface area contributed by atoms with Gasteiger partial charge in [0.1, 0.15) is 11.0 Å². The molecule has 0 fully saturated rings. The Morgan fingerprint density at radius 2 is 2.08 bits per heavy atom. The van der Waals surface area contributed by atoms with Crippen LogP contribution in [0.3, 0.4) is 0 Å². The topological polar surface area (TPSA) is 81.2 Å². The van der Waals surface area contributed by atoms with E-state index in [1.165, 1.54) is 12.1 Å². The van der Waals surface area contributed by atoms with Crippen LogP contribution in [0.1, 0.15) is 36.8 Å². The van der Waals surface area contributed by atoms with Crippen LogP contribution in [0, 0.1) is 10.1 Å². The first-order valence-electron chi connectivity index (χ1n) is 7.83. The monoisotopic (exact) mass is 349 g/mol.